The van der Waals surface area contributed by atoms with E-state index in [2.05, 4.69) is 5.32 Å². The summed E-state index contributed by atoms with van der Waals surface area (Å²) in [7, 11) is 0. The first-order valence-electron chi connectivity index (χ1n) is 9.05. The molecule has 2 aliphatic heterocycles. The van der Waals surface area contributed by atoms with Crippen LogP contribution >= 0.6 is 12.4 Å². The van der Waals surface area contributed by atoms with Crippen molar-refractivity contribution in [2.45, 2.75) is 11.8 Å². The highest BCUT2D eigenvalue weighted by Crippen LogP contribution is 2.63. The Morgan fingerprint density at radius 2 is 1.63 bits per heavy atom. The second-order valence-corrected chi connectivity index (χ2v) is 7.47. The van der Waals surface area contributed by atoms with Gasteiger partial charge in [-0.1, -0.05) is 30.3 Å². The second kappa shape index (κ2) is 6.43. The molecule has 0 unspecified atom stereocenters. The van der Waals surface area contributed by atoms with Gasteiger partial charge in [0.05, 0.1) is 11.1 Å². The highest BCUT2D eigenvalue weighted by molar-refractivity contribution is 6.21. The van der Waals surface area contributed by atoms with Crippen molar-refractivity contribution in [3.63, 3.8) is 0 Å². The normalized spacial score (nSPS) is 28.4. The van der Waals surface area contributed by atoms with Gasteiger partial charge in [0, 0.05) is 12.0 Å². The molecule has 5 rings (SSSR count). The van der Waals surface area contributed by atoms with Crippen LogP contribution in [0.2, 0.25) is 0 Å². The van der Waals surface area contributed by atoms with E-state index in [-0.39, 0.29) is 42.5 Å². The average Bonchev–Trinajstić information content (AvgIpc) is 3.26. The fraction of sp³-hybridized carbons (Fsp3) is 0.333. The monoisotopic (exact) mass is 386 g/mol. The number of fused-ring (bicyclic) bond motifs is 2. The molecule has 0 radical (unpaired) electrons. The zero-order chi connectivity index (χ0) is 17.9. The van der Waals surface area contributed by atoms with Crippen molar-refractivity contribution in [2.75, 3.05) is 19.6 Å². The number of nitrogens with one attached hydrogen (secondary N) is 1. The highest BCUT2D eigenvalue weighted by atomic mass is 35.5. The molecule has 4 nitrogen and oxygen atoms in total. The number of carbonyl (C=O) groups excluding carboxylic acids is 2. The van der Waals surface area contributed by atoms with Crippen LogP contribution < -0.4 is 5.32 Å². The van der Waals surface area contributed by atoms with Crippen LogP contribution in [0, 0.1) is 17.7 Å². The molecule has 3 aliphatic rings. The Bertz CT molecular complexity index is 885. The molecule has 2 aromatic carbocycles. The summed E-state index contributed by atoms with van der Waals surface area (Å²) in [6.45, 7) is 1.93. The van der Waals surface area contributed by atoms with Crippen molar-refractivity contribution in [1.29, 1.82) is 0 Å². The Morgan fingerprint density at radius 3 is 2.22 bits per heavy atom. The third-order valence-corrected chi connectivity index (χ3v) is 6.37. The quantitative estimate of drug-likeness (QED) is 0.825. The Balaban J connectivity index is 0.00000180. The van der Waals surface area contributed by atoms with Gasteiger partial charge in [-0.2, -0.15) is 0 Å². The van der Waals surface area contributed by atoms with Gasteiger partial charge in [-0.25, -0.2) is 4.39 Å². The van der Waals surface area contributed by atoms with Crippen molar-refractivity contribution >= 4 is 24.2 Å². The Labute approximate surface area is 163 Å². The van der Waals surface area contributed by atoms with Crippen LogP contribution in [0.25, 0.3) is 0 Å². The number of halogens is 2. The van der Waals surface area contributed by atoms with Crippen LogP contribution in [-0.2, 0) is 5.41 Å². The zero-order valence-electron chi connectivity index (χ0n) is 14.7. The first-order valence-corrected chi connectivity index (χ1v) is 9.05. The van der Waals surface area contributed by atoms with E-state index in [9.17, 15) is 14.0 Å². The largest absolute Gasteiger partial charge is 0.316 e. The summed E-state index contributed by atoms with van der Waals surface area (Å²) < 4.78 is 14.7. The topological polar surface area (TPSA) is 49.4 Å². The van der Waals surface area contributed by atoms with E-state index in [1.54, 1.807) is 30.3 Å². The summed E-state index contributed by atoms with van der Waals surface area (Å²) in [5.74, 6) is -0.239. The maximum Gasteiger partial charge on any atom is 0.261 e. The van der Waals surface area contributed by atoms with Gasteiger partial charge in [0.2, 0.25) is 0 Å². The molecule has 140 valence electrons. The van der Waals surface area contributed by atoms with Crippen molar-refractivity contribution in [3.05, 3.63) is 71.0 Å². The number of nitrogens with zero attached hydrogens (tertiary/aromatic N) is 1. The number of imide groups is 1. The molecular formula is C21H20ClFN2O2. The molecule has 0 bridgehead atoms. The fourth-order valence-corrected chi connectivity index (χ4v) is 5.10. The van der Waals surface area contributed by atoms with Gasteiger partial charge >= 0.3 is 0 Å². The van der Waals surface area contributed by atoms with Gasteiger partial charge in [0.1, 0.15) is 5.82 Å². The molecule has 1 saturated heterocycles. The number of carbonyl (C=O) groups is 2. The summed E-state index contributed by atoms with van der Waals surface area (Å²) in [6.07, 6.45) is 0.933. The predicted octanol–water partition coefficient (Wildman–Crippen LogP) is 3.02. The molecule has 0 spiro atoms. The number of hydrogen-bond donors (Lipinski definition) is 1. The SMILES string of the molecule is Cl.O=C1c2ccccc2C(=O)N1C[C@]1(c2ccccc2F)[C@@H]2CCNC[C@@H]21. The van der Waals surface area contributed by atoms with Crippen LogP contribution in [-0.4, -0.2) is 36.3 Å². The first kappa shape index (κ1) is 18.1. The molecule has 1 N–H and O–H groups in total. The molecule has 1 aliphatic carbocycles. The molecule has 2 amide bonds. The molecule has 2 heterocycles. The van der Waals surface area contributed by atoms with Crippen LogP contribution in [0.1, 0.15) is 32.7 Å². The minimum Gasteiger partial charge on any atom is -0.316 e. The van der Waals surface area contributed by atoms with Gasteiger partial charge in [-0.3, -0.25) is 14.5 Å². The van der Waals surface area contributed by atoms with Gasteiger partial charge in [0.15, 0.2) is 0 Å². The van der Waals surface area contributed by atoms with Crippen LogP contribution in [0.5, 0.6) is 0 Å². The van der Waals surface area contributed by atoms with Crippen LogP contribution in [0.15, 0.2) is 48.5 Å². The van der Waals surface area contributed by atoms with Crippen molar-refractivity contribution < 1.29 is 14.0 Å². The number of benzene rings is 2. The lowest BCUT2D eigenvalue weighted by Gasteiger charge is -2.25. The zero-order valence-corrected chi connectivity index (χ0v) is 15.5. The molecule has 2 aromatic rings. The van der Waals surface area contributed by atoms with E-state index >= 15 is 0 Å². The summed E-state index contributed by atoms with van der Waals surface area (Å²) in [4.78, 5) is 27.0. The number of piperidine rings is 1. The number of amides is 2. The Hall–Kier alpha value is -2.24. The Kier molecular flexibility index (Phi) is 4.32. The third kappa shape index (κ3) is 2.45. The second-order valence-electron chi connectivity index (χ2n) is 7.47. The van der Waals surface area contributed by atoms with E-state index in [0.29, 0.717) is 22.6 Å². The number of rotatable bonds is 3. The average molecular weight is 387 g/mol. The fourth-order valence-electron chi connectivity index (χ4n) is 5.10. The summed E-state index contributed by atoms with van der Waals surface area (Å²) >= 11 is 0. The summed E-state index contributed by atoms with van der Waals surface area (Å²) in [6, 6.07) is 13.7. The number of hydrogen-bond acceptors (Lipinski definition) is 3. The highest BCUT2D eigenvalue weighted by Gasteiger charge is 2.67. The lowest BCUT2D eigenvalue weighted by atomic mass is 9.89. The molecule has 0 aromatic heterocycles. The first-order chi connectivity index (χ1) is 12.6. The molecule has 27 heavy (non-hydrogen) atoms. The lowest BCUT2D eigenvalue weighted by Crippen LogP contribution is -2.39. The van der Waals surface area contributed by atoms with Crippen LogP contribution in [0.3, 0.4) is 0 Å². The van der Waals surface area contributed by atoms with Crippen molar-refractivity contribution in [1.82, 2.24) is 10.2 Å². The van der Waals surface area contributed by atoms with E-state index in [4.69, 9.17) is 0 Å². The maximum absolute atomic E-state index is 14.7. The van der Waals surface area contributed by atoms with Gasteiger partial charge in [-0.15, -0.1) is 12.4 Å². The molecule has 1 saturated carbocycles. The lowest BCUT2D eigenvalue weighted by molar-refractivity contribution is 0.0632. The van der Waals surface area contributed by atoms with Crippen molar-refractivity contribution in [3.8, 4) is 0 Å². The standard InChI is InChI=1S/C21H19FN2O2.ClH/c22-18-8-4-3-7-16(18)21(15-9-10-23-11-17(15)21)12-24-19(25)13-5-1-2-6-14(13)20(24)26;/h1-8,15,17,23H,9-12H2;1H/t15-,17+,21-;/m1./s1. The van der Waals surface area contributed by atoms with Gasteiger partial charge in [-0.05, 0) is 55.1 Å². The predicted molar refractivity (Wildman–Crippen MR) is 102 cm³/mol. The molecule has 6 heteroatoms. The maximum atomic E-state index is 14.7. The molecule has 2 fully saturated rings. The minimum absolute atomic E-state index is 0. The van der Waals surface area contributed by atoms with E-state index in [1.807, 2.05) is 12.1 Å². The van der Waals surface area contributed by atoms with Crippen LogP contribution in [0.4, 0.5) is 4.39 Å². The molecular weight excluding hydrogens is 367 g/mol. The van der Waals surface area contributed by atoms with E-state index in [0.717, 1.165) is 19.5 Å². The smallest absolute Gasteiger partial charge is 0.261 e. The third-order valence-electron chi connectivity index (χ3n) is 6.37. The van der Waals surface area contributed by atoms with Gasteiger partial charge < -0.3 is 5.32 Å². The van der Waals surface area contributed by atoms with E-state index in [1.165, 1.54) is 11.0 Å². The van der Waals surface area contributed by atoms with Gasteiger partial charge in [0.25, 0.3) is 11.8 Å². The van der Waals surface area contributed by atoms with Crippen molar-refractivity contribution in [2.24, 2.45) is 11.8 Å². The van der Waals surface area contributed by atoms with E-state index < -0.39 is 5.41 Å². The minimum atomic E-state index is -0.484. The summed E-state index contributed by atoms with van der Waals surface area (Å²) in [5.41, 5.74) is 1.04. The summed E-state index contributed by atoms with van der Waals surface area (Å²) in [5, 5.41) is 3.37. The molecule has 3 atom stereocenters. The Morgan fingerprint density at radius 1 is 1.00 bits per heavy atom.